The molecule has 0 fully saturated rings. The second kappa shape index (κ2) is 6.99. The first kappa shape index (κ1) is 9.88. The Morgan fingerprint density at radius 3 is 2.82 bits per heavy atom. The molecule has 0 atom stereocenters. The summed E-state index contributed by atoms with van der Waals surface area (Å²) < 4.78 is 0. The lowest BCUT2D eigenvalue weighted by atomic mass is 10.5. The molecule has 0 aromatic carbocycles. The Bertz CT molecular complexity index is 159. The van der Waals surface area contributed by atoms with Gasteiger partial charge in [0, 0.05) is 19.8 Å². The lowest BCUT2D eigenvalue weighted by Gasteiger charge is -2.00. The summed E-state index contributed by atoms with van der Waals surface area (Å²) in [4.78, 5) is 7.92. The first-order chi connectivity index (χ1) is 5.35. The molecule has 0 aliphatic carbocycles. The molecule has 0 heterocycles. The van der Waals surface area contributed by atoms with Crippen molar-refractivity contribution in [2.45, 2.75) is 13.3 Å². The van der Waals surface area contributed by atoms with Crippen LogP contribution in [-0.4, -0.2) is 25.8 Å². The molecule has 0 saturated heterocycles. The van der Waals surface area contributed by atoms with Crippen molar-refractivity contribution in [2.24, 2.45) is 9.98 Å². The number of hydrogen-bond donors (Lipinski definition) is 1. The Morgan fingerprint density at radius 2 is 2.36 bits per heavy atom. The topological polar surface area (TPSA) is 36.8 Å². The fourth-order valence-corrected chi connectivity index (χ4v) is 0.543. The number of nitrogens with zero attached hydrogens (tertiary/aromatic N) is 2. The normalized spacial score (nSPS) is 12.0. The molecule has 3 nitrogen and oxygen atoms in total. The summed E-state index contributed by atoms with van der Waals surface area (Å²) in [7, 11) is 1.71. The average molecular weight is 153 g/mol. The Morgan fingerprint density at radius 1 is 1.64 bits per heavy atom. The van der Waals surface area contributed by atoms with Gasteiger partial charge in [0.1, 0.15) is 0 Å². The molecule has 11 heavy (non-hydrogen) atoms. The monoisotopic (exact) mass is 153 g/mol. The maximum Gasteiger partial charge on any atom is 0.217 e. The second-order valence-corrected chi connectivity index (χ2v) is 1.99. The molecule has 0 spiro atoms. The van der Waals surface area contributed by atoms with Gasteiger partial charge in [0.15, 0.2) is 0 Å². The van der Waals surface area contributed by atoms with E-state index >= 15 is 0 Å². The van der Waals surface area contributed by atoms with Gasteiger partial charge in [0.25, 0.3) is 0 Å². The highest BCUT2D eigenvalue weighted by atomic mass is 15.1. The summed E-state index contributed by atoms with van der Waals surface area (Å²) in [6.07, 6.45) is 4.31. The summed E-state index contributed by atoms with van der Waals surface area (Å²) >= 11 is 0. The fraction of sp³-hybridized carbons (Fsp3) is 0.500. The summed E-state index contributed by atoms with van der Waals surface area (Å²) in [5, 5.41) is 3.06. The zero-order valence-corrected chi connectivity index (χ0v) is 7.17. The molecule has 0 aliphatic heterocycles. The van der Waals surface area contributed by atoms with Crippen LogP contribution < -0.4 is 5.32 Å². The highest BCUT2D eigenvalue weighted by molar-refractivity contribution is 5.90. The Labute approximate surface area is 67.9 Å². The molecule has 0 saturated carbocycles. The Kier molecular flexibility index (Phi) is 6.28. The van der Waals surface area contributed by atoms with Crippen molar-refractivity contribution in [3.05, 3.63) is 12.7 Å². The van der Waals surface area contributed by atoms with E-state index in [1.54, 1.807) is 19.3 Å². The lowest BCUT2D eigenvalue weighted by molar-refractivity contribution is 0.833. The zero-order chi connectivity index (χ0) is 8.53. The van der Waals surface area contributed by atoms with E-state index < -0.39 is 0 Å². The number of aliphatic imine (C=N–C) groups is 2. The van der Waals surface area contributed by atoms with Gasteiger partial charge in [-0.25, -0.2) is 4.99 Å². The molecule has 0 aromatic rings. The van der Waals surface area contributed by atoms with E-state index in [4.69, 9.17) is 0 Å². The largest absolute Gasteiger partial charge is 0.355 e. The molecule has 0 aliphatic rings. The van der Waals surface area contributed by atoms with Crippen molar-refractivity contribution in [3.63, 3.8) is 0 Å². The van der Waals surface area contributed by atoms with Gasteiger partial charge in [-0.1, -0.05) is 19.6 Å². The van der Waals surface area contributed by atoms with Gasteiger partial charge in [-0.3, -0.25) is 4.99 Å². The molecular formula is C8H15N3. The molecule has 0 unspecified atom stereocenters. The summed E-state index contributed by atoms with van der Waals surface area (Å²) in [5.74, 6) is 0.659. The van der Waals surface area contributed by atoms with Crippen LogP contribution in [0.1, 0.15) is 13.3 Å². The van der Waals surface area contributed by atoms with Crippen LogP contribution in [0.3, 0.4) is 0 Å². The number of rotatable bonds is 3. The number of guanidine groups is 1. The predicted octanol–water partition coefficient (Wildman–Crippen LogP) is 1.23. The third-order valence-corrected chi connectivity index (χ3v) is 1.05. The van der Waals surface area contributed by atoms with Gasteiger partial charge in [0.05, 0.1) is 0 Å². The van der Waals surface area contributed by atoms with Crippen LogP contribution in [0.25, 0.3) is 0 Å². The summed E-state index contributed by atoms with van der Waals surface area (Å²) in [5.41, 5.74) is 0. The van der Waals surface area contributed by atoms with E-state index in [9.17, 15) is 0 Å². The quantitative estimate of drug-likeness (QED) is 0.480. The highest BCUT2D eigenvalue weighted by Gasteiger charge is 1.88. The van der Waals surface area contributed by atoms with Gasteiger partial charge < -0.3 is 5.32 Å². The van der Waals surface area contributed by atoms with Crippen molar-refractivity contribution in [3.8, 4) is 0 Å². The van der Waals surface area contributed by atoms with Crippen LogP contribution >= 0.6 is 0 Å². The molecule has 3 heteroatoms. The van der Waals surface area contributed by atoms with Crippen LogP contribution in [0, 0.1) is 0 Å². The minimum absolute atomic E-state index is 0.659. The number of hydrogen-bond acceptors (Lipinski definition) is 1. The Balaban J connectivity index is 3.77. The van der Waals surface area contributed by atoms with Gasteiger partial charge in [0.2, 0.25) is 5.96 Å². The molecule has 0 amide bonds. The first-order valence-electron chi connectivity index (χ1n) is 3.70. The molecule has 0 radical (unpaired) electrons. The summed E-state index contributed by atoms with van der Waals surface area (Å²) in [6.45, 7) is 6.51. The third-order valence-electron chi connectivity index (χ3n) is 1.05. The number of allylic oxidation sites excluding steroid dienone is 1. The lowest BCUT2D eigenvalue weighted by Crippen LogP contribution is -2.22. The minimum Gasteiger partial charge on any atom is -0.355 e. The SMILES string of the molecule is C=C/C=N\C(=NC)NCCC. The third kappa shape index (κ3) is 5.33. The van der Waals surface area contributed by atoms with E-state index in [2.05, 4.69) is 28.8 Å². The minimum atomic E-state index is 0.659. The molecule has 0 aromatic heterocycles. The van der Waals surface area contributed by atoms with Gasteiger partial charge in [-0.15, -0.1) is 0 Å². The van der Waals surface area contributed by atoms with E-state index in [1.165, 1.54) is 0 Å². The smallest absolute Gasteiger partial charge is 0.217 e. The van der Waals surface area contributed by atoms with Gasteiger partial charge >= 0.3 is 0 Å². The van der Waals surface area contributed by atoms with E-state index in [-0.39, 0.29) is 0 Å². The molecule has 0 rings (SSSR count). The van der Waals surface area contributed by atoms with Crippen LogP contribution in [0.15, 0.2) is 22.6 Å². The fourth-order valence-electron chi connectivity index (χ4n) is 0.543. The van der Waals surface area contributed by atoms with Crippen molar-refractivity contribution in [1.82, 2.24) is 5.32 Å². The molecule has 62 valence electrons. The second-order valence-electron chi connectivity index (χ2n) is 1.99. The van der Waals surface area contributed by atoms with Crippen molar-refractivity contribution >= 4 is 12.2 Å². The van der Waals surface area contributed by atoms with E-state index in [0.29, 0.717) is 5.96 Å². The zero-order valence-electron chi connectivity index (χ0n) is 7.17. The van der Waals surface area contributed by atoms with E-state index in [1.807, 2.05) is 0 Å². The standard InChI is InChI=1S/C8H15N3/c1-4-6-10-8(9-3)11-7-5-2/h4,6H,1,5,7H2,2-3H3,(H,9,11)/b10-6-. The van der Waals surface area contributed by atoms with Crippen molar-refractivity contribution in [2.75, 3.05) is 13.6 Å². The van der Waals surface area contributed by atoms with Crippen molar-refractivity contribution in [1.29, 1.82) is 0 Å². The highest BCUT2D eigenvalue weighted by Crippen LogP contribution is 1.76. The molecule has 0 bridgehead atoms. The molecule has 1 N–H and O–H groups in total. The van der Waals surface area contributed by atoms with Crippen LogP contribution in [-0.2, 0) is 0 Å². The predicted molar refractivity (Wildman–Crippen MR) is 50.3 cm³/mol. The average Bonchev–Trinajstić information content (AvgIpc) is 2.05. The van der Waals surface area contributed by atoms with E-state index in [0.717, 1.165) is 13.0 Å². The van der Waals surface area contributed by atoms with Crippen LogP contribution in [0.4, 0.5) is 0 Å². The van der Waals surface area contributed by atoms with Crippen molar-refractivity contribution < 1.29 is 0 Å². The van der Waals surface area contributed by atoms with Gasteiger partial charge in [-0.05, 0) is 6.42 Å². The van der Waals surface area contributed by atoms with Gasteiger partial charge in [-0.2, -0.15) is 0 Å². The van der Waals surface area contributed by atoms with Crippen LogP contribution in [0.2, 0.25) is 0 Å². The maximum atomic E-state index is 3.99. The Hall–Kier alpha value is -1.12. The first-order valence-corrected chi connectivity index (χ1v) is 3.70. The molecular weight excluding hydrogens is 138 g/mol. The van der Waals surface area contributed by atoms with Crippen LogP contribution in [0.5, 0.6) is 0 Å². The number of nitrogens with one attached hydrogen (secondary N) is 1. The summed E-state index contributed by atoms with van der Waals surface area (Å²) in [6, 6.07) is 0. The maximum absolute atomic E-state index is 3.99.